The Hall–Kier alpha value is -3.20. The van der Waals surface area contributed by atoms with Crippen LogP contribution in [0.2, 0.25) is 0 Å². The van der Waals surface area contributed by atoms with Gasteiger partial charge in [-0.05, 0) is 35.0 Å². The molecule has 3 nitrogen and oxygen atoms in total. The number of hydrogen-bond acceptors (Lipinski definition) is 2. The molecule has 1 amide bonds. The van der Waals surface area contributed by atoms with Crippen molar-refractivity contribution in [2.45, 2.75) is 0 Å². The first kappa shape index (κ1) is 13.5. The summed E-state index contributed by atoms with van der Waals surface area (Å²) in [6, 6.07) is 25.2. The van der Waals surface area contributed by atoms with Crippen molar-refractivity contribution in [3.05, 3.63) is 84.4 Å². The molecule has 3 aromatic carbocycles. The number of nitrogens with zero attached hydrogens (tertiary/aromatic N) is 1. The molecule has 0 aliphatic carbocycles. The number of aromatic nitrogens is 1. The fourth-order valence-corrected chi connectivity index (χ4v) is 2.74. The van der Waals surface area contributed by atoms with Crippen molar-refractivity contribution in [2.75, 3.05) is 5.32 Å². The summed E-state index contributed by atoms with van der Waals surface area (Å²) >= 11 is 0. The highest BCUT2D eigenvalue weighted by atomic mass is 16.1. The molecule has 0 spiro atoms. The average molecular weight is 298 g/mol. The number of anilines is 1. The van der Waals surface area contributed by atoms with Gasteiger partial charge in [0.2, 0.25) is 0 Å². The summed E-state index contributed by atoms with van der Waals surface area (Å²) in [5, 5.41) is 5.93. The van der Waals surface area contributed by atoms with Gasteiger partial charge in [-0.15, -0.1) is 0 Å². The van der Waals surface area contributed by atoms with Gasteiger partial charge in [0.1, 0.15) is 5.82 Å². The molecule has 0 bridgehead atoms. The Kier molecular flexibility index (Phi) is 3.24. The normalized spacial score (nSPS) is 10.8. The van der Waals surface area contributed by atoms with Crippen molar-refractivity contribution in [1.82, 2.24) is 4.98 Å². The summed E-state index contributed by atoms with van der Waals surface area (Å²) in [5.41, 5.74) is 1.52. The van der Waals surface area contributed by atoms with Crippen LogP contribution >= 0.6 is 0 Å². The lowest BCUT2D eigenvalue weighted by atomic mass is 10.0. The molecular weight excluding hydrogens is 284 g/mol. The second-order valence-corrected chi connectivity index (χ2v) is 5.37. The summed E-state index contributed by atoms with van der Waals surface area (Å²) < 4.78 is 0. The third kappa shape index (κ3) is 2.53. The fourth-order valence-electron chi connectivity index (χ4n) is 2.74. The van der Waals surface area contributed by atoms with Crippen molar-refractivity contribution in [3.63, 3.8) is 0 Å². The quantitative estimate of drug-likeness (QED) is 0.585. The summed E-state index contributed by atoms with van der Waals surface area (Å²) in [5.74, 6) is 0.409. The van der Waals surface area contributed by atoms with Crippen LogP contribution in [-0.2, 0) is 0 Å². The SMILES string of the molecule is O=C(Nc1ccc2ccccc2n1)c1cccc2ccccc12. The zero-order valence-electron chi connectivity index (χ0n) is 12.4. The van der Waals surface area contributed by atoms with E-state index in [2.05, 4.69) is 10.3 Å². The van der Waals surface area contributed by atoms with E-state index in [-0.39, 0.29) is 5.91 Å². The summed E-state index contributed by atoms with van der Waals surface area (Å²) in [6.07, 6.45) is 0. The van der Waals surface area contributed by atoms with E-state index in [9.17, 15) is 4.79 Å². The van der Waals surface area contributed by atoms with Gasteiger partial charge in [0.25, 0.3) is 5.91 Å². The zero-order valence-corrected chi connectivity index (χ0v) is 12.4. The van der Waals surface area contributed by atoms with Crippen LogP contribution in [0, 0.1) is 0 Å². The van der Waals surface area contributed by atoms with Gasteiger partial charge in [-0.3, -0.25) is 4.79 Å². The molecule has 0 aliphatic rings. The van der Waals surface area contributed by atoms with E-state index in [1.54, 1.807) is 0 Å². The number of benzene rings is 3. The van der Waals surface area contributed by atoms with Crippen LogP contribution in [0.5, 0.6) is 0 Å². The van der Waals surface area contributed by atoms with Crippen LogP contribution in [0.25, 0.3) is 21.7 Å². The molecule has 0 fully saturated rings. The number of pyridine rings is 1. The molecule has 23 heavy (non-hydrogen) atoms. The molecule has 0 saturated heterocycles. The first-order chi connectivity index (χ1) is 11.3. The van der Waals surface area contributed by atoms with Crippen molar-refractivity contribution in [3.8, 4) is 0 Å². The van der Waals surface area contributed by atoms with Crippen molar-refractivity contribution in [2.24, 2.45) is 0 Å². The standard InChI is InChI=1S/C20H14N2O/c23-20(17-10-5-8-14-6-1-3-9-16(14)17)22-19-13-12-15-7-2-4-11-18(15)21-19/h1-13H,(H,21,22,23). The Morgan fingerprint density at radius 1 is 0.739 bits per heavy atom. The monoisotopic (exact) mass is 298 g/mol. The van der Waals surface area contributed by atoms with Crippen LogP contribution < -0.4 is 5.32 Å². The number of amides is 1. The summed E-state index contributed by atoms with van der Waals surface area (Å²) in [7, 11) is 0. The molecule has 3 heteroatoms. The molecule has 4 aromatic rings. The van der Waals surface area contributed by atoms with Gasteiger partial charge in [-0.2, -0.15) is 0 Å². The van der Waals surface area contributed by atoms with Crippen LogP contribution in [0.3, 0.4) is 0 Å². The van der Waals surface area contributed by atoms with Gasteiger partial charge in [0.15, 0.2) is 0 Å². The van der Waals surface area contributed by atoms with Crippen molar-refractivity contribution >= 4 is 33.4 Å². The molecular formula is C20H14N2O. The molecule has 0 radical (unpaired) electrons. The molecule has 1 heterocycles. The van der Waals surface area contributed by atoms with Gasteiger partial charge in [0, 0.05) is 10.9 Å². The van der Waals surface area contributed by atoms with Crippen LogP contribution in [0.15, 0.2) is 78.9 Å². The Bertz CT molecular complexity index is 1020. The average Bonchev–Trinajstić information content (AvgIpc) is 2.61. The molecule has 1 N–H and O–H groups in total. The molecule has 4 rings (SSSR count). The largest absolute Gasteiger partial charge is 0.307 e. The number of nitrogens with one attached hydrogen (secondary N) is 1. The van der Waals surface area contributed by atoms with E-state index >= 15 is 0 Å². The lowest BCUT2D eigenvalue weighted by Crippen LogP contribution is -2.13. The highest BCUT2D eigenvalue weighted by Gasteiger charge is 2.10. The summed E-state index contributed by atoms with van der Waals surface area (Å²) in [6.45, 7) is 0. The molecule has 1 aromatic heterocycles. The van der Waals surface area contributed by atoms with Gasteiger partial charge in [-0.25, -0.2) is 4.98 Å². The second-order valence-electron chi connectivity index (χ2n) is 5.37. The topological polar surface area (TPSA) is 42.0 Å². The number of hydrogen-bond donors (Lipinski definition) is 1. The Balaban J connectivity index is 1.70. The maximum absolute atomic E-state index is 12.6. The first-order valence-electron chi connectivity index (χ1n) is 7.46. The minimum absolute atomic E-state index is 0.149. The van der Waals surface area contributed by atoms with Gasteiger partial charge in [-0.1, -0.05) is 54.6 Å². The van der Waals surface area contributed by atoms with Gasteiger partial charge in [0.05, 0.1) is 5.52 Å². The number of fused-ring (bicyclic) bond motifs is 2. The van der Waals surface area contributed by atoms with Crippen LogP contribution in [0.4, 0.5) is 5.82 Å². The Morgan fingerprint density at radius 2 is 1.48 bits per heavy atom. The van der Waals surface area contributed by atoms with E-state index in [1.165, 1.54) is 0 Å². The Labute approximate surface area is 133 Å². The van der Waals surface area contributed by atoms with E-state index in [1.807, 2.05) is 78.9 Å². The molecule has 0 unspecified atom stereocenters. The van der Waals surface area contributed by atoms with E-state index in [0.29, 0.717) is 11.4 Å². The van der Waals surface area contributed by atoms with E-state index in [4.69, 9.17) is 0 Å². The smallest absolute Gasteiger partial charge is 0.257 e. The third-order valence-corrected chi connectivity index (χ3v) is 3.87. The van der Waals surface area contributed by atoms with Gasteiger partial charge < -0.3 is 5.32 Å². The maximum atomic E-state index is 12.6. The molecule has 110 valence electrons. The van der Waals surface area contributed by atoms with Crippen LogP contribution in [-0.4, -0.2) is 10.9 Å². The van der Waals surface area contributed by atoms with E-state index < -0.39 is 0 Å². The van der Waals surface area contributed by atoms with Crippen LogP contribution in [0.1, 0.15) is 10.4 Å². The molecule has 0 saturated carbocycles. The summed E-state index contributed by atoms with van der Waals surface area (Å²) in [4.78, 5) is 17.1. The zero-order chi connectivity index (χ0) is 15.6. The van der Waals surface area contributed by atoms with Gasteiger partial charge >= 0.3 is 0 Å². The molecule has 0 atom stereocenters. The maximum Gasteiger partial charge on any atom is 0.257 e. The minimum atomic E-state index is -0.149. The highest BCUT2D eigenvalue weighted by molar-refractivity contribution is 6.12. The lowest BCUT2D eigenvalue weighted by molar-refractivity contribution is 0.102. The Morgan fingerprint density at radius 3 is 2.39 bits per heavy atom. The molecule has 0 aliphatic heterocycles. The fraction of sp³-hybridized carbons (Fsp3) is 0. The predicted molar refractivity (Wildman–Crippen MR) is 93.6 cm³/mol. The lowest BCUT2D eigenvalue weighted by Gasteiger charge is -2.08. The number of carbonyl (C=O) groups is 1. The number of para-hydroxylation sites is 1. The van der Waals surface area contributed by atoms with Crippen molar-refractivity contribution < 1.29 is 4.79 Å². The third-order valence-electron chi connectivity index (χ3n) is 3.87. The van der Waals surface area contributed by atoms with Crippen molar-refractivity contribution in [1.29, 1.82) is 0 Å². The second kappa shape index (κ2) is 5.54. The predicted octanol–water partition coefficient (Wildman–Crippen LogP) is 4.64. The van der Waals surface area contributed by atoms with E-state index in [0.717, 1.165) is 21.7 Å². The highest BCUT2D eigenvalue weighted by Crippen LogP contribution is 2.20. The first-order valence-corrected chi connectivity index (χ1v) is 7.46. The minimum Gasteiger partial charge on any atom is -0.307 e. The number of carbonyl (C=O) groups excluding carboxylic acids is 1. The number of rotatable bonds is 2.